The molecule has 0 atom stereocenters. The molecule has 1 aromatic heterocycles. The van der Waals surface area contributed by atoms with E-state index in [4.69, 9.17) is 4.74 Å². The Kier molecular flexibility index (Phi) is 2.91. The first-order valence-corrected chi connectivity index (χ1v) is 3.42. The fourth-order valence-electron chi connectivity index (χ4n) is 0.760. The summed E-state index contributed by atoms with van der Waals surface area (Å²) >= 11 is 0. The molecule has 1 aromatic rings. The fraction of sp³-hybridized carbons (Fsp3) is 0.143. The van der Waals surface area contributed by atoms with Crippen molar-refractivity contribution in [1.29, 1.82) is 0 Å². The highest BCUT2D eigenvalue weighted by Gasteiger charge is 2.08. The molecule has 0 saturated heterocycles. The van der Waals surface area contributed by atoms with E-state index in [0.29, 0.717) is 5.69 Å². The number of methoxy groups -OCH3 is 1. The monoisotopic (exact) mass is 181 g/mol. The van der Waals surface area contributed by atoms with Crippen LogP contribution >= 0.6 is 0 Å². The first-order valence-electron chi connectivity index (χ1n) is 3.42. The molecule has 0 radical (unpaired) electrons. The highest BCUT2D eigenvalue weighted by atomic mass is 16.7. The lowest BCUT2D eigenvalue weighted by atomic mass is 10.3. The maximum absolute atomic E-state index is 10.1. The second-order valence-corrected chi connectivity index (χ2v) is 2.06. The average molecular weight is 181 g/mol. The Morgan fingerprint density at radius 1 is 1.69 bits per heavy atom. The summed E-state index contributed by atoms with van der Waals surface area (Å²) < 4.78 is 4.69. The van der Waals surface area contributed by atoms with E-state index in [1.807, 2.05) is 0 Å². The van der Waals surface area contributed by atoms with Gasteiger partial charge in [0.1, 0.15) is 10.8 Å². The molecule has 13 heavy (non-hydrogen) atoms. The van der Waals surface area contributed by atoms with E-state index >= 15 is 0 Å². The topological polar surface area (TPSA) is 77.6 Å². The lowest BCUT2D eigenvalue weighted by Gasteiger charge is -1.98. The molecule has 0 aliphatic carbocycles. The molecule has 0 amide bonds. The number of pyridine rings is 1. The second kappa shape index (κ2) is 4.15. The van der Waals surface area contributed by atoms with Gasteiger partial charge < -0.3 is 4.74 Å². The van der Waals surface area contributed by atoms with Crippen LogP contribution in [0.3, 0.4) is 0 Å². The van der Waals surface area contributed by atoms with Gasteiger partial charge in [0.2, 0.25) is 0 Å². The van der Waals surface area contributed by atoms with Crippen LogP contribution in [0.1, 0.15) is 5.69 Å². The Balaban J connectivity index is 2.98. The van der Waals surface area contributed by atoms with Crippen molar-refractivity contribution in [1.82, 2.24) is 4.98 Å². The van der Waals surface area contributed by atoms with Gasteiger partial charge in [0.15, 0.2) is 5.03 Å². The Morgan fingerprint density at radius 3 is 2.92 bits per heavy atom. The number of hydrazone groups is 1. The SMILES string of the molecule is CO/C(=N\[N+](=O)[O-])c1ccccn1. The van der Waals surface area contributed by atoms with Gasteiger partial charge in [-0.1, -0.05) is 6.07 Å². The summed E-state index contributed by atoms with van der Waals surface area (Å²) in [6, 6.07) is 4.96. The van der Waals surface area contributed by atoms with Gasteiger partial charge in [0, 0.05) is 6.20 Å². The van der Waals surface area contributed by atoms with E-state index in [2.05, 4.69) is 10.1 Å². The lowest BCUT2D eigenvalue weighted by molar-refractivity contribution is -0.486. The van der Waals surface area contributed by atoms with Crippen molar-refractivity contribution in [3.63, 3.8) is 0 Å². The molecule has 0 bridgehead atoms. The van der Waals surface area contributed by atoms with Crippen molar-refractivity contribution in [3.8, 4) is 0 Å². The molecule has 0 N–H and O–H groups in total. The van der Waals surface area contributed by atoms with Crippen LogP contribution in [0.5, 0.6) is 0 Å². The number of rotatable bonds is 2. The molecule has 68 valence electrons. The number of aromatic nitrogens is 1. The molecule has 6 heteroatoms. The molecule has 0 saturated carbocycles. The zero-order valence-electron chi connectivity index (χ0n) is 6.88. The molecule has 0 aliphatic rings. The molecule has 0 spiro atoms. The van der Waals surface area contributed by atoms with Crippen LogP contribution in [0.25, 0.3) is 0 Å². The van der Waals surface area contributed by atoms with Crippen LogP contribution in [0.4, 0.5) is 0 Å². The summed E-state index contributed by atoms with van der Waals surface area (Å²) in [5.74, 6) is -0.106. The highest BCUT2D eigenvalue weighted by molar-refractivity contribution is 5.91. The third-order valence-electron chi connectivity index (χ3n) is 1.25. The van der Waals surface area contributed by atoms with Crippen LogP contribution < -0.4 is 0 Å². The molecule has 6 nitrogen and oxygen atoms in total. The van der Waals surface area contributed by atoms with Gasteiger partial charge in [-0.05, 0) is 12.1 Å². The minimum Gasteiger partial charge on any atom is -0.475 e. The van der Waals surface area contributed by atoms with E-state index in [1.54, 1.807) is 18.2 Å². The standard InChI is InChI=1S/C7H7N3O3/c1-13-7(9-10(11)12)6-4-2-3-5-8-6/h2-5H,1H3/b9-7-. The fourth-order valence-corrected chi connectivity index (χ4v) is 0.760. The number of ether oxygens (including phenoxy) is 1. The largest absolute Gasteiger partial charge is 0.475 e. The van der Waals surface area contributed by atoms with Gasteiger partial charge in [-0.15, -0.1) is 0 Å². The summed E-state index contributed by atoms with van der Waals surface area (Å²) in [5, 5.41) is 12.2. The van der Waals surface area contributed by atoms with Gasteiger partial charge in [-0.2, -0.15) is 0 Å². The van der Waals surface area contributed by atoms with Gasteiger partial charge in [0.25, 0.3) is 0 Å². The maximum Gasteiger partial charge on any atom is 0.311 e. The van der Waals surface area contributed by atoms with E-state index in [1.165, 1.54) is 13.3 Å². The summed E-state index contributed by atoms with van der Waals surface area (Å²) in [5.41, 5.74) is 0.335. The van der Waals surface area contributed by atoms with Crippen LogP contribution in [0, 0.1) is 10.1 Å². The first-order chi connectivity index (χ1) is 6.24. The highest BCUT2D eigenvalue weighted by Crippen LogP contribution is 1.97. The Morgan fingerprint density at radius 2 is 2.46 bits per heavy atom. The van der Waals surface area contributed by atoms with Crippen molar-refractivity contribution in [2.45, 2.75) is 0 Å². The molecule has 1 heterocycles. The van der Waals surface area contributed by atoms with Gasteiger partial charge in [-0.25, -0.2) is 10.1 Å². The zero-order chi connectivity index (χ0) is 9.68. The van der Waals surface area contributed by atoms with Gasteiger partial charge in [-0.3, -0.25) is 4.98 Å². The average Bonchev–Trinajstić information content (AvgIpc) is 2.15. The predicted molar refractivity (Wildman–Crippen MR) is 44.8 cm³/mol. The van der Waals surface area contributed by atoms with Crippen LogP contribution in [-0.4, -0.2) is 23.0 Å². The van der Waals surface area contributed by atoms with E-state index in [-0.39, 0.29) is 5.90 Å². The van der Waals surface area contributed by atoms with Crippen molar-refractivity contribution in [3.05, 3.63) is 40.2 Å². The molecular formula is C7H7N3O3. The summed E-state index contributed by atoms with van der Waals surface area (Å²) in [7, 11) is 1.30. The van der Waals surface area contributed by atoms with Gasteiger partial charge >= 0.3 is 5.90 Å². The van der Waals surface area contributed by atoms with E-state index in [9.17, 15) is 10.1 Å². The second-order valence-electron chi connectivity index (χ2n) is 2.06. The summed E-state index contributed by atoms with van der Waals surface area (Å²) in [6.45, 7) is 0. The Labute approximate surface area is 74.0 Å². The number of hydrogen-bond donors (Lipinski definition) is 0. The van der Waals surface area contributed by atoms with Crippen LogP contribution in [0.15, 0.2) is 29.5 Å². The van der Waals surface area contributed by atoms with Gasteiger partial charge in [0.05, 0.1) is 7.11 Å². The molecule has 0 aromatic carbocycles. The van der Waals surface area contributed by atoms with Crippen LogP contribution in [0.2, 0.25) is 0 Å². The Bertz CT molecular complexity index is 323. The van der Waals surface area contributed by atoms with E-state index < -0.39 is 5.03 Å². The normalized spacial score (nSPS) is 11.0. The zero-order valence-corrected chi connectivity index (χ0v) is 6.88. The molecular weight excluding hydrogens is 174 g/mol. The molecule has 0 aliphatic heterocycles. The van der Waals surface area contributed by atoms with Crippen molar-refractivity contribution < 1.29 is 9.77 Å². The number of nitrogens with zero attached hydrogens (tertiary/aromatic N) is 3. The van der Waals surface area contributed by atoms with Crippen LogP contribution in [-0.2, 0) is 4.74 Å². The van der Waals surface area contributed by atoms with Crippen molar-refractivity contribution in [2.24, 2.45) is 5.10 Å². The lowest BCUT2D eigenvalue weighted by Crippen LogP contribution is -2.08. The molecule has 0 unspecified atom stereocenters. The predicted octanol–water partition coefficient (Wildman–Crippen LogP) is 0.666. The quantitative estimate of drug-likeness (QED) is 0.290. The third kappa shape index (κ3) is 2.51. The van der Waals surface area contributed by atoms with Crippen molar-refractivity contribution >= 4 is 5.90 Å². The summed E-state index contributed by atoms with van der Waals surface area (Å²) in [6.07, 6.45) is 1.50. The summed E-state index contributed by atoms with van der Waals surface area (Å²) in [4.78, 5) is 13.9. The Hall–Kier alpha value is -1.98. The van der Waals surface area contributed by atoms with E-state index in [0.717, 1.165) is 0 Å². The minimum absolute atomic E-state index is 0.106. The minimum atomic E-state index is -0.826. The maximum atomic E-state index is 10.1. The van der Waals surface area contributed by atoms with Crippen molar-refractivity contribution in [2.75, 3.05) is 7.11 Å². The smallest absolute Gasteiger partial charge is 0.311 e. The molecule has 0 fully saturated rings. The molecule has 1 rings (SSSR count). The number of hydrogen-bond acceptors (Lipinski definition) is 4. The number of nitro groups is 1. The first kappa shape index (κ1) is 9.11. The third-order valence-corrected chi connectivity index (χ3v) is 1.25.